The van der Waals surface area contributed by atoms with Gasteiger partial charge in [0.2, 0.25) is 5.91 Å². The fourth-order valence-electron chi connectivity index (χ4n) is 4.72. The Morgan fingerprint density at radius 3 is 2.79 bits per heavy atom. The van der Waals surface area contributed by atoms with E-state index in [1.807, 2.05) is 11.0 Å². The van der Waals surface area contributed by atoms with Crippen LogP contribution in [0, 0.1) is 5.92 Å². The van der Waals surface area contributed by atoms with Crippen LogP contribution < -0.4 is 5.56 Å². The van der Waals surface area contributed by atoms with Crippen molar-refractivity contribution in [3.63, 3.8) is 0 Å². The lowest BCUT2D eigenvalue weighted by atomic mass is 9.98. The van der Waals surface area contributed by atoms with Gasteiger partial charge >= 0.3 is 0 Å². The van der Waals surface area contributed by atoms with Crippen LogP contribution in [0.2, 0.25) is 0 Å². The van der Waals surface area contributed by atoms with Crippen molar-refractivity contribution >= 4 is 11.6 Å². The average molecular weight is 383 g/mol. The van der Waals surface area contributed by atoms with Crippen LogP contribution in [0.3, 0.4) is 0 Å². The maximum atomic E-state index is 13.2. The number of piperidine rings is 1. The molecule has 1 aliphatic carbocycles. The standard InChI is InChI=1S/C21H29N5O2/c1-13(2)24-10-8-16-15(12-24)21(28)26-19(22-16)11-17(23-26)18-5-3-4-9-25(18)20(27)14-6-7-14/h11,13-14,18,23H,3-10,12H2,1-2H3. The molecular weight excluding hydrogens is 354 g/mol. The molecule has 1 atom stereocenters. The van der Waals surface area contributed by atoms with Gasteiger partial charge in [-0.25, -0.2) is 9.50 Å². The third kappa shape index (κ3) is 2.96. The number of rotatable bonds is 3. The van der Waals surface area contributed by atoms with Gasteiger partial charge in [-0.1, -0.05) is 0 Å². The summed E-state index contributed by atoms with van der Waals surface area (Å²) in [5, 5.41) is 3.30. The van der Waals surface area contributed by atoms with Gasteiger partial charge < -0.3 is 4.90 Å². The Morgan fingerprint density at radius 2 is 2.04 bits per heavy atom. The van der Waals surface area contributed by atoms with Crippen molar-refractivity contribution in [1.29, 1.82) is 0 Å². The van der Waals surface area contributed by atoms with Gasteiger partial charge in [0.1, 0.15) is 0 Å². The molecule has 0 bridgehead atoms. The smallest absolute Gasteiger partial charge is 0.277 e. The third-order valence-electron chi connectivity index (χ3n) is 6.61. The van der Waals surface area contributed by atoms with Crippen LogP contribution in [0.5, 0.6) is 0 Å². The number of H-pyrrole nitrogens is 1. The largest absolute Gasteiger partial charge is 0.334 e. The molecule has 1 unspecified atom stereocenters. The molecule has 2 aromatic heterocycles. The van der Waals surface area contributed by atoms with E-state index in [-0.39, 0.29) is 23.4 Å². The molecule has 2 aromatic rings. The Morgan fingerprint density at radius 1 is 1.21 bits per heavy atom. The topological polar surface area (TPSA) is 73.7 Å². The predicted molar refractivity (Wildman–Crippen MR) is 106 cm³/mol. The molecule has 7 heteroatoms. The van der Waals surface area contributed by atoms with Crippen LogP contribution in [-0.2, 0) is 17.8 Å². The van der Waals surface area contributed by atoms with Crippen molar-refractivity contribution in [1.82, 2.24) is 24.4 Å². The van der Waals surface area contributed by atoms with Gasteiger partial charge in [-0.2, -0.15) is 0 Å². The molecule has 5 rings (SSSR count). The summed E-state index contributed by atoms with van der Waals surface area (Å²) in [7, 11) is 0. The van der Waals surface area contributed by atoms with Crippen LogP contribution in [0.1, 0.15) is 68.9 Å². The highest BCUT2D eigenvalue weighted by Crippen LogP contribution is 2.37. The number of likely N-dealkylation sites (tertiary alicyclic amines) is 1. The van der Waals surface area contributed by atoms with Gasteiger partial charge in [-0.05, 0) is 46.0 Å². The van der Waals surface area contributed by atoms with Crippen LogP contribution in [-0.4, -0.2) is 49.4 Å². The third-order valence-corrected chi connectivity index (χ3v) is 6.61. The molecular formula is C21H29N5O2. The molecule has 0 radical (unpaired) electrons. The maximum absolute atomic E-state index is 13.2. The Hall–Kier alpha value is -2.15. The molecule has 3 aliphatic rings. The van der Waals surface area contributed by atoms with Gasteiger partial charge in [-0.3, -0.25) is 19.6 Å². The quantitative estimate of drug-likeness (QED) is 0.882. The van der Waals surface area contributed by atoms with E-state index in [1.54, 1.807) is 4.52 Å². The number of carbonyl (C=O) groups excluding carboxylic acids is 1. The molecule has 0 aromatic carbocycles. The summed E-state index contributed by atoms with van der Waals surface area (Å²) < 4.78 is 1.59. The minimum atomic E-state index is 0.00692. The number of fused-ring (bicyclic) bond motifs is 2. The average Bonchev–Trinajstić information content (AvgIpc) is 3.46. The van der Waals surface area contributed by atoms with E-state index < -0.39 is 0 Å². The number of aromatic amines is 1. The summed E-state index contributed by atoms with van der Waals surface area (Å²) in [6, 6.07) is 2.43. The molecule has 2 aliphatic heterocycles. The van der Waals surface area contributed by atoms with Crippen LogP contribution in [0.15, 0.2) is 10.9 Å². The first-order chi connectivity index (χ1) is 13.5. The molecule has 28 heavy (non-hydrogen) atoms. The molecule has 1 N–H and O–H groups in total. The molecule has 1 amide bonds. The first-order valence-electron chi connectivity index (χ1n) is 10.7. The van der Waals surface area contributed by atoms with Crippen molar-refractivity contribution < 1.29 is 4.79 Å². The molecule has 0 spiro atoms. The second-order valence-electron chi connectivity index (χ2n) is 8.88. The molecule has 1 saturated carbocycles. The predicted octanol–water partition coefficient (Wildman–Crippen LogP) is 2.25. The Balaban J connectivity index is 1.52. The van der Waals surface area contributed by atoms with Gasteiger partial charge in [0.25, 0.3) is 5.56 Å². The van der Waals surface area contributed by atoms with Crippen molar-refractivity contribution in [3.8, 4) is 0 Å². The Labute approximate surface area is 164 Å². The summed E-state index contributed by atoms with van der Waals surface area (Å²) in [4.78, 5) is 35.1. The van der Waals surface area contributed by atoms with Crippen molar-refractivity contribution in [2.45, 2.75) is 71.0 Å². The van der Waals surface area contributed by atoms with Crippen LogP contribution in [0.25, 0.3) is 5.65 Å². The zero-order valence-electron chi connectivity index (χ0n) is 16.8. The highest BCUT2D eigenvalue weighted by molar-refractivity contribution is 5.81. The first kappa shape index (κ1) is 17.9. The SMILES string of the molecule is CC(C)N1CCc2nc3cc(C4CCCCN4C(=O)C4CC4)[nH]n3c(=O)c2C1. The lowest BCUT2D eigenvalue weighted by molar-refractivity contribution is -0.136. The summed E-state index contributed by atoms with van der Waals surface area (Å²) in [5.41, 5.74) is 3.37. The molecule has 1 saturated heterocycles. The van der Waals surface area contributed by atoms with Crippen molar-refractivity contribution in [3.05, 3.63) is 33.4 Å². The summed E-state index contributed by atoms with van der Waals surface area (Å²) in [6.07, 6.45) is 5.98. The maximum Gasteiger partial charge on any atom is 0.277 e. The van der Waals surface area contributed by atoms with E-state index in [4.69, 9.17) is 4.98 Å². The lowest BCUT2D eigenvalue weighted by Crippen LogP contribution is -2.40. The monoisotopic (exact) mass is 383 g/mol. The number of hydrogen-bond acceptors (Lipinski definition) is 4. The zero-order chi connectivity index (χ0) is 19.4. The van der Waals surface area contributed by atoms with Gasteiger partial charge in [0, 0.05) is 44.1 Å². The molecule has 7 nitrogen and oxygen atoms in total. The van der Waals surface area contributed by atoms with E-state index >= 15 is 0 Å². The van der Waals surface area contributed by atoms with E-state index in [1.165, 1.54) is 0 Å². The fourth-order valence-corrected chi connectivity index (χ4v) is 4.72. The number of aromatic nitrogens is 3. The van der Waals surface area contributed by atoms with Gasteiger partial charge in [-0.15, -0.1) is 0 Å². The van der Waals surface area contributed by atoms with Crippen LogP contribution >= 0.6 is 0 Å². The Bertz CT molecular complexity index is 971. The normalized spacial score (nSPS) is 23.4. The van der Waals surface area contributed by atoms with E-state index in [2.05, 4.69) is 23.8 Å². The number of nitrogens with one attached hydrogen (secondary N) is 1. The minimum Gasteiger partial charge on any atom is -0.334 e. The van der Waals surface area contributed by atoms with Crippen LogP contribution in [0.4, 0.5) is 0 Å². The summed E-state index contributed by atoms with van der Waals surface area (Å²) in [6.45, 7) is 6.74. The highest BCUT2D eigenvalue weighted by Gasteiger charge is 2.38. The van der Waals surface area contributed by atoms with E-state index in [0.717, 1.165) is 68.6 Å². The molecule has 150 valence electrons. The molecule has 4 heterocycles. The zero-order valence-corrected chi connectivity index (χ0v) is 16.8. The number of carbonyl (C=O) groups is 1. The van der Waals surface area contributed by atoms with E-state index in [0.29, 0.717) is 18.2 Å². The second-order valence-corrected chi connectivity index (χ2v) is 8.88. The fraction of sp³-hybridized carbons (Fsp3) is 0.667. The summed E-state index contributed by atoms with van der Waals surface area (Å²) >= 11 is 0. The van der Waals surface area contributed by atoms with Crippen molar-refractivity contribution in [2.24, 2.45) is 5.92 Å². The van der Waals surface area contributed by atoms with Gasteiger partial charge in [0.15, 0.2) is 5.65 Å². The number of amides is 1. The highest BCUT2D eigenvalue weighted by atomic mass is 16.2. The van der Waals surface area contributed by atoms with Gasteiger partial charge in [0.05, 0.1) is 23.0 Å². The van der Waals surface area contributed by atoms with Crippen molar-refractivity contribution in [2.75, 3.05) is 13.1 Å². The first-order valence-corrected chi connectivity index (χ1v) is 10.7. The number of hydrogen-bond donors (Lipinski definition) is 1. The molecule has 2 fully saturated rings. The van der Waals surface area contributed by atoms with E-state index in [9.17, 15) is 9.59 Å². The number of nitrogens with zero attached hydrogens (tertiary/aromatic N) is 4. The lowest BCUT2D eigenvalue weighted by Gasteiger charge is -2.35. The second kappa shape index (κ2) is 6.72. The Kier molecular flexibility index (Phi) is 4.30. The summed E-state index contributed by atoms with van der Waals surface area (Å²) in [5.74, 6) is 0.510. The minimum absolute atomic E-state index is 0.00692.